The molecule has 3 atom stereocenters. The predicted octanol–water partition coefficient (Wildman–Crippen LogP) is 5.14. The van der Waals surface area contributed by atoms with Crippen molar-refractivity contribution in [3.05, 3.63) is 47.2 Å². The Morgan fingerprint density at radius 1 is 1.22 bits per heavy atom. The number of nitrogens with zero attached hydrogens (tertiary/aromatic N) is 5. The summed E-state index contributed by atoms with van der Waals surface area (Å²) in [6.45, 7) is 3.36. The molecule has 1 saturated heterocycles. The Morgan fingerprint density at radius 2 is 1.97 bits per heavy atom. The molecule has 2 aliphatic carbocycles. The van der Waals surface area contributed by atoms with Crippen LogP contribution >= 0.6 is 27.7 Å². The smallest absolute Gasteiger partial charge is 0.475 e. The molecule has 2 N–H and O–H groups in total. The topological polar surface area (TPSA) is 114 Å². The van der Waals surface area contributed by atoms with Crippen LogP contribution in [0.4, 0.5) is 13.2 Å². The van der Waals surface area contributed by atoms with Crippen molar-refractivity contribution < 1.29 is 23.1 Å². The Morgan fingerprint density at radius 3 is 2.59 bits per heavy atom. The molecule has 0 aromatic carbocycles. The standard InChI is InChI=1S/C22H21BrN6S.C2HF3O2/c1-2-11-6-16-18(19(11)23)20(12-5-13-9-26-15(13)7-12)29-22(28-16)30-14-8-17-21(27-10-14)25-4-3-24-17;3-2(4,5)1(6)7/h3-4,8,10,12-13,15,26H,2,5-7,9H2,1H3;(H,6,7). The van der Waals surface area contributed by atoms with Gasteiger partial charge in [-0.1, -0.05) is 22.9 Å². The zero-order valence-corrected chi connectivity index (χ0v) is 22.0. The number of allylic oxidation sites excluding steroid dienone is 1. The third-order valence-corrected chi connectivity index (χ3v) is 8.58. The third-order valence-electron chi connectivity index (χ3n) is 6.80. The fourth-order valence-corrected chi connectivity index (χ4v) is 6.55. The van der Waals surface area contributed by atoms with E-state index in [1.54, 1.807) is 24.2 Å². The first kappa shape index (κ1) is 26.0. The Labute approximate surface area is 222 Å². The lowest BCUT2D eigenvalue weighted by molar-refractivity contribution is -0.192. The van der Waals surface area contributed by atoms with Gasteiger partial charge < -0.3 is 10.4 Å². The maximum atomic E-state index is 10.6. The van der Waals surface area contributed by atoms with E-state index in [1.165, 1.54) is 34.2 Å². The molecule has 37 heavy (non-hydrogen) atoms. The zero-order valence-electron chi connectivity index (χ0n) is 19.6. The number of alkyl halides is 3. The van der Waals surface area contributed by atoms with Gasteiger partial charge in [0.15, 0.2) is 10.8 Å². The first-order valence-electron chi connectivity index (χ1n) is 11.7. The van der Waals surface area contributed by atoms with E-state index >= 15 is 0 Å². The Bertz CT molecular complexity index is 1390. The minimum Gasteiger partial charge on any atom is -0.475 e. The molecule has 13 heteroatoms. The molecule has 2 fully saturated rings. The highest BCUT2D eigenvalue weighted by atomic mass is 79.9. The number of aliphatic carboxylic acids is 1. The first-order valence-corrected chi connectivity index (χ1v) is 13.3. The number of fused-ring (bicyclic) bond motifs is 3. The summed E-state index contributed by atoms with van der Waals surface area (Å²) in [7, 11) is 0. The van der Waals surface area contributed by atoms with Crippen LogP contribution in [-0.2, 0) is 11.2 Å². The number of hydrogen-bond acceptors (Lipinski definition) is 8. The number of halogens is 4. The molecule has 3 aromatic rings. The maximum Gasteiger partial charge on any atom is 0.490 e. The molecule has 3 aliphatic rings. The minimum atomic E-state index is -5.08. The summed E-state index contributed by atoms with van der Waals surface area (Å²) >= 11 is 5.44. The van der Waals surface area contributed by atoms with Crippen LogP contribution in [0, 0.1) is 5.92 Å². The molecule has 1 saturated carbocycles. The molecule has 8 nitrogen and oxygen atoms in total. The van der Waals surface area contributed by atoms with Crippen LogP contribution in [0.25, 0.3) is 15.6 Å². The number of rotatable bonds is 4. The summed E-state index contributed by atoms with van der Waals surface area (Å²) in [6.07, 6.45) is 4.45. The summed E-state index contributed by atoms with van der Waals surface area (Å²) in [5, 5.41) is 11.5. The molecular weight excluding hydrogens is 573 g/mol. The van der Waals surface area contributed by atoms with Crippen molar-refractivity contribution in [2.45, 2.75) is 60.8 Å². The maximum absolute atomic E-state index is 10.6. The Hall–Kier alpha value is -2.64. The van der Waals surface area contributed by atoms with Gasteiger partial charge in [-0.25, -0.2) is 24.7 Å². The fraction of sp³-hybridized carbons (Fsp3) is 0.417. The van der Waals surface area contributed by atoms with Crippen molar-refractivity contribution in [3.8, 4) is 0 Å². The molecule has 4 heterocycles. The van der Waals surface area contributed by atoms with Crippen molar-refractivity contribution in [2.75, 3.05) is 6.54 Å². The minimum absolute atomic E-state index is 0.496. The van der Waals surface area contributed by atoms with Crippen LogP contribution in [0.2, 0.25) is 0 Å². The Kier molecular flexibility index (Phi) is 7.20. The first-order chi connectivity index (χ1) is 17.6. The monoisotopic (exact) mass is 594 g/mol. The van der Waals surface area contributed by atoms with Gasteiger partial charge in [-0.3, -0.25) is 4.98 Å². The zero-order chi connectivity index (χ0) is 26.3. The molecular formula is C24H22BrF3N6O2S. The van der Waals surface area contributed by atoms with E-state index in [0.717, 1.165) is 46.6 Å². The Balaban J connectivity index is 0.000000355. The number of carboxylic acid groups (broad SMARTS) is 1. The van der Waals surface area contributed by atoms with Gasteiger partial charge in [0.2, 0.25) is 0 Å². The molecule has 6 rings (SSSR count). The second-order valence-corrected chi connectivity index (χ2v) is 10.9. The highest BCUT2D eigenvalue weighted by Gasteiger charge is 2.43. The number of aromatic nitrogens is 5. The average Bonchev–Trinajstić information content (AvgIpc) is 3.33. The van der Waals surface area contributed by atoms with Gasteiger partial charge in [0.05, 0.1) is 11.4 Å². The van der Waals surface area contributed by atoms with Crippen LogP contribution in [0.3, 0.4) is 0 Å². The van der Waals surface area contributed by atoms with Crippen LogP contribution in [0.5, 0.6) is 0 Å². The summed E-state index contributed by atoms with van der Waals surface area (Å²) < 4.78 is 33.0. The summed E-state index contributed by atoms with van der Waals surface area (Å²) in [5.74, 6) is -1.46. The second kappa shape index (κ2) is 10.3. The van der Waals surface area contributed by atoms with E-state index in [1.807, 2.05) is 12.3 Å². The van der Waals surface area contributed by atoms with E-state index < -0.39 is 12.1 Å². The molecule has 3 aromatic heterocycles. The van der Waals surface area contributed by atoms with Crippen molar-refractivity contribution in [1.82, 2.24) is 30.2 Å². The highest BCUT2D eigenvalue weighted by Crippen LogP contribution is 2.48. The summed E-state index contributed by atoms with van der Waals surface area (Å²) in [5.41, 5.74) is 6.51. The molecule has 1 aliphatic heterocycles. The van der Waals surface area contributed by atoms with E-state index in [4.69, 9.17) is 19.9 Å². The largest absolute Gasteiger partial charge is 0.490 e. The third kappa shape index (κ3) is 5.34. The van der Waals surface area contributed by atoms with E-state index in [-0.39, 0.29) is 0 Å². The van der Waals surface area contributed by atoms with E-state index in [0.29, 0.717) is 17.6 Å². The molecule has 0 radical (unpaired) electrons. The van der Waals surface area contributed by atoms with E-state index in [2.05, 4.69) is 43.1 Å². The molecule has 0 spiro atoms. The van der Waals surface area contributed by atoms with Gasteiger partial charge >= 0.3 is 12.1 Å². The van der Waals surface area contributed by atoms with E-state index in [9.17, 15) is 13.2 Å². The van der Waals surface area contributed by atoms with Gasteiger partial charge in [-0.2, -0.15) is 13.2 Å². The van der Waals surface area contributed by atoms with Gasteiger partial charge in [0.25, 0.3) is 0 Å². The number of carboxylic acids is 1. The molecule has 0 bridgehead atoms. The highest BCUT2D eigenvalue weighted by molar-refractivity contribution is 9.15. The normalized spacial score (nSPS) is 22.2. The van der Waals surface area contributed by atoms with Crippen LogP contribution < -0.4 is 5.32 Å². The molecule has 0 amide bonds. The second-order valence-electron chi connectivity index (χ2n) is 9.08. The molecule has 3 unspecified atom stereocenters. The number of nitrogens with one attached hydrogen (secondary N) is 1. The molecule has 194 valence electrons. The summed E-state index contributed by atoms with van der Waals surface area (Å²) in [6, 6.07) is 2.68. The van der Waals surface area contributed by atoms with Crippen molar-refractivity contribution in [2.24, 2.45) is 5.92 Å². The van der Waals surface area contributed by atoms with Gasteiger partial charge in [0, 0.05) is 51.9 Å². The number of hydrogen-bond donors (Lipinski definition) is 2. The average molecular weight is 595 g/mol. The number of pyridine rings is 1. The van der Waals surface area contributed by atoms with Crippen LogP contribution in [-0.4, -0.2) is 54.8 Å². The van der Waals surface area contributed by atoms with Crippen molar-refractivity contribution in [1.29, 1.82) is 0 Å². The lowest BCUT2D eigenvalue weighted by Gasteiger charge is -2.31. The SMILES string of the molecule is CCC1=C(Br)c2c(nc(Sc3cnc4nccnc4c3)nc2C2CC3CNC3C2)C1.O=C(O)C(F)(F)F. The predicted molar refractivity (Wildman–Crippen MR) is 134 cm³/mol. The van der Waals surface area contributed by atoms with Crippen LogP contribution in [0.15, 0.2) is 40.3 Å². The van der Waals surface area contributed by atoms with Crippen molar-refractivity contribution >= 4 is 49.3 Å². The fourth-order valence-electron chi connectivity index (χ4n) is 4.91. The van der Waals surface area contributed by atoms with Crippen LogP contribution in [0.1, 0.15) is 49.1 Å². The van der Waals surface area contributed by atoms with Crippen molar-refractivity contribution in [3.63, 3.8) is 0 Å². The van der Waals surface area contributed by atoms with Gasteiger partial charge in [-0.15, -0.1) is 0 Å². The quantitative estimate of drug-likeness (QED) is 0.396. The lowest BCUT2D eigenvalue weighted by atomic mass is 9.95. The summed E-state index contributed by atoms with van der Waals surface area (Å²) in [4.78, 5) is 33.0. The lowest BCUT2D eigenvalue weighted by Crippen LogP contribution is -2.49. The number of carbonyl (C=O) groups is 1. The van der Waals surface area contributed by atoms with Gasteiger partial charge in [0.1, 0.15) is 5.52 Å². The van der Waals surface area contributed by atoms with Gasteiger partial charge in [-0.05, 0) is 55.1 Å².